The van der Waals surface area contributed by atoms with E-state index in [1.165, 1.54) is 6.07 Å². The molecule has 0 atom stereocenters. The molecule has 0 aliphatic heterocycles. The van der Waals surface area contributed by atoms with E-state index in [4.69, 9.17) is 11.1 Å². The lowest BCUT2D eigenvalue weighted by Crippen LogP contribution is -2.31. The summed E-state index contributed by atoms with van der Waals surface area (Å²) in [6.07, 6.45) is -3.59. The van der Waals surface area contributed by atoms with Crippen LogP contribution >= 0.6 is 0 Å². The Morgan fingerprint density at radius 2 is 2.00 bits per heavy atom. The highest BCUT2D eigenvalue weighted by Crippen LogP contribution is 2.30. The minimum absolute atomic E-state index is 0.0564. The van der Waals surface area contributed by atoms with Gasteiger partial charge >= 0.3 is 6.18 Å². The maximum atomic E-state index is 13.0. The van der Waals surface area contributed by atoms with Crippen LogP contribution in [0.25, 0.3) is 10.9 Å². The second kappa shape index (κ2) is 8.17. The van der Waals surface area contributed by atoms with Crippen molar-refractivity contribution < 1.29 is 18.0 Å². The number of aromatic nitrogens is 3. The standard InChI is InChI=1S/C20H19F3N6O2/c1-10(2)17-18-13(5-6-15(27-18)20(21,22)23)19(31)29(28-17)9-16(30)26-12-4-3-11(8-24)14(25)7-12/h3-8,10,24H,9,25H2,1-2H3,(H,26,30). The fraction of sp³-hybridized carbons (Fsp3) is 0.250. The van der Waals surface area contributed by atoms with Gasteiger partial charge in [0.25, 0.3) is 5.56 Å². The summed E-state index contributed by atoms with van der Waals surface area (Å²) in [7, 11) is 0. The van der Waals surface area contributed by atoms with E-state index in [2.05, 4.69) is 15.4 Å². The van der Waals surface area contributed by atoms with E-state index >= 15 is 0 Å². The molecule has 0 fully saturated rings. The molecular weight excluding hydrogens is 413 g/mol. The third-order valence-electron chi connectivity index (χ3n) is 4.49. The average molecular weight is 432 g/mol. The number of carbonyl (C=O) groups excluding carboxylic acids is 1. The highest BCUT2D eigenvalue weighted by atomic mass is 19.4. The van der Waals surface area contributed by atoms with Crippen molar-refractivity contribution in [3.63, 3.8) is 0 Å². The Hall–Kier alpha value is -3.76. The van der Waals surface area contributed by atoms with E-state index in [1.807, 2.05) is 0 Å². The third kappa shape index (κ3) is 4.55. The molecule has 2 heterocycles. The van der Waals surface area contributed by atoms with Crippen molar-refractivity contribution in [1.29, 1.82) is 5.41 Å². The number of nitrogens with two attached hydrogens (primary N) is 1. The molecule has 1 amide bonds. The molecule has 0 aliphatic carbocycles. The zero-order chi connectivity index (χ0) is 22.9. The summed E-state index contributed by atoms with van der Waals surface area (Å²) in [4.78, 5) is 28.8. The number of benzene rings is 1. The summed E-state index contributed by atoms with van der Waals surface area (Å²) < 4.78 is 40.0. The lowest BCUT2D eigenvalue weighted by Gasteiger charge is -2.14. The number of nitrogens with zero attached hydrogens (tertiary/aromatic N) is 3. The third-order valence-corrected chi connectivity index (χ3v) is 4.49. The van der Waals surface area contributed by atoms with E-state index in [0.717, 1.165) is 23.0 Å². The number of nitrogen functional groups attached to an aromatic ring is 1. The zero-order valence-electron chi connectivity index (χ0n) is 16.6. The first-order valence-corrected chi connectivity index (χ1v) is 9.20. The smallest absolute Gasteiger partial charge is 0.398 e. The Kier molecular flexibility index (Phi) is 5.78. The van der Waals surface area contributed by atoms with Gasteiger partial charge in [0.2, 0.25) is 5.91 Å². The molecule has 8 nitrogen and oxygen atoms in total. The number of pyridine rings is 1. The van der Waals surface area contributed by atoms with Crippen molar-refractivity contribution in [2.75, 3.05) is 11.1 Å². The molecule has 1 aromatic carbocycles. The van der Waals surface area contributed by atoms with Gasteiger partial charge in [-0.3, -0.25) is 9.59 Å². The average Bonchev–Trinajstić information content (AvgIpc) is 2.69. The van der Waals surface area contributed by atoms with Crippen LogP contribution in [-0.2, 0) is 17.5 Å². The fourth-order valence-corrected chi connectivity index (χ4v) is 2.96. The fourth-order valence-electron chi connectivity index (χ4n) is 2.96. The van der Waals surface area contributed by atoms with Crippen LogP contribution in [0.15, 0.2) is 35.1 Å². The first-order valence-electron chi connectivity index (χ1n) is 9.20. The molecule has 3 rings (SSSR count). The molecule has 0 saturated carbocycles. The van der Waals surface area contributed by atoms with E-state index < -0.39 is 29.9 Å². The van der Waals surface area contributed by atoms with E-state index in [9.17, 15) is 22.8 Å². The van der Waals surface area contributed by atoms with Crippen LogP contribution < -0.4 is 16.6 Å². The minimum Gasteiger partial charge on any atom is -0.398 e. The molecule has 0 bridgehead atoms. The number of anilines is 2. The lowest BCUT2D eigenvalue weighted by atomic mass is 10.1. The molecule has 162 valence electrons. The van der Waals surface area contributed by atoms with Crippen molar-refractivity contribution in [3.8, 4) is 0 Å². The molecule has 11 heteroatoms. The number of fused-ring (bicyclic) bond motifs is 1. The summed E-state index contributed by atoms with van der Waals surface area (Å²) in [5.41, 5.74) is 5.12. The second-order valence-electron chi connectivity index (χ2n) is 7.13. The van der Waals surface area contributed by atoms with Gasteiger partial charge < -0.3 is 16.5 Å². The van der Waals surface area contributed by atoms with Gasteiger partial charge in [0.15, 0.2) is 0 Å². The topological polar surface area (TPSA) is 127 Å². The van der Waals surface area contributed by atoms with E-state index in [0.29, 0.717) is 16.9 Å². The summed E-state index contributed by atoms with van der Waals surface area (Å²) in [6, 6.07) is 6.35. The van der Waals surface area contributed by atoms with Gasteiger partial charge in [0, 0.05) is 23.2 Å². The number of nitrogens with one attached hydrogen (secondary N) is 2. The first-order chi connectivity index (χ1) is 14.5. The summed E-state index contributed by atoms with van der Waals surface area (Å²) >= 11 is 0. The number of carbonyl (C=O) groups is 1. The zero-order valence-corrected chi connectivity index (χ0v) is 16.6. The normalized spacial score (nSPS) is 11.7. The molecule has 0 saturated heterocycles. The van der Waals surface area contributed by atoms with Gasteiger partial charge in [-0.15, -0.1) is 0 Å². The minimum atomic E-state index is -4.66. The Balaban J connectivity index is 1.97. The SMILES string of the molecule is CC(C)c1nn(CC(=O)Nc2ccc(C=N)c(N)c2)c(=O)c2ccc(C(F)(F)F)nc12. The highest BCUT2D eigenvalue weighted by molar-refractivity contribution is 5.93. The van der Waals surface area contributed by atoms with Crippen molar-refractivity contribution in [2.45, 2.75) is 32.5 Å². The maximum absolute atomic E-state index is 13.0. The number of alkyl halides is 3. The van der Waals surface area contributed by atoms with Gasteiger partial charge in [0.1, 0.15) is 17.8 Å². The highest BCUT2D eigenvalue weighted by Gasteiger charge is 2.33. The molecule has 2 aromatic heterocycles. The predicted molar refractivity (Wildman–Crippen MR) is 110 cm³/mol. The van der Waals surface area contributed by atoms with Crippen molar-refractivity contribution in [2.24, 2.45) is 0 Å². The molecule has 0 unspecified atom stereocenters. The van der Waals surface area contributed by atoms with Gasteiger partial charge in [-0.25, -0.2) is 9.67 Å². The van der Waals surface area contributed by atoms with Gasteiger partial charge in [-0.2, -0.15) is 18.3 Å². The number of halogens is 3. The van der Waals surface area contributed by atoms with Crippen LogP contribution in [-0.4, -0.2) is 26.9 Å². The van der Waals surface area contributed by atoms with Crippen LogP contribution in [0, 0.1) is 5.41 Å². The van der Waals surface area contributed by atoms with Gasteiger partial charge in [-0.1, -0.05) is 13.8 Å². The molecule has 0 radical (unpaired) electrons. The number of rotatable bonds is 5. The van der Waals surface area contributed by atoms with Crippen LogP contribution in [0.5, 0.6) is 0 Å². The summed E-state index contributed by atoms with van der Waals surface area (Å²) in [6.45, 7) is 2.94. The van der Waals surface area contributed by atoms with E-state index in [1.54, 1.807) is 26.0 Å². The number of hydrogen-bond acceptors (Lipinski definition) is 6. The second-order valence-corrected chi connectivity index (χ2v) is 7.13. The van der Waals surface area contributed by atoms with Crippen molar-refractivity contribution in [1.82, 2.24) is 14.8 Å². The van der Waals surface area contributed by atoms with Crippen LogP contribution in [0.4, 0.5) is 24.5 Å². The predicted octanol–water partition coefficient (Wildman–Crippen LogP) is 3.15. The van der Waals surface area contributed by atoms with Gasteiger partial charge in [-0.05, 0) is 36.2 Å². The molecule has 4 N–H and O–H groups in total. The quantitative estimate of drug-likeness (QED) is 0.422. The number of hydrogen-bond donors (Lipinski definition) is 3. The molecule has 3 aromatic rings. The maximum Gasteiger partial charge on any atom is 0.433 e. The molecule has 0 aliphatic rings. The summed E-state index contributed by atoms with van der Waals surface area (Å²) in [5, 5.41) is 13.9. The largest absolute Gasteiger partial charge is 0.433 e. The Morgan fingerprint density at radius 3 is 2.58 bits per heavy atom. The molecule has 0 spiro atoms. The Bertz CT molecular complexity index is 1230. The van der Waals surface area contributed by atoms with Crippen molar-refractivity contribution in [3.05, 3.63) is 57.6 Å². The Morgan fingerprint density at radius 1 is 1.29 bits per heavy atom. The summed E-state index contributed by atoms with van der Waals surface area (Å²) in [5.74, 6) is -0.924. The molecular formula is C20H19F3N6O2. The van der Waals surface area contributed by atoms with Crippen LogP contribution in [0.2, 0.25) is 0 Å². The lowest BCUT2D eigenvalue weighted by molar-refractivity contribution is -0.141. The van der Waals surface area contributed by atoms with Crippen LogP contribution in [0.1, 0.15) is 36.7 Å². The Labute approximate surface area is 174 Å². The number of amides is 1. The van der Waals surface area contributed by atoms with E-state index in [-0.39, 0.29) is 22.5 Å². The van der Waals surface area contributed by atoms with Crippen LogP contribution in [0.3, 0.4) is 0 Å². The molecule has 31 heavy (non-hydrogen) atoms. The monoisotopic (exact) mass is 432 g/mol. The first kappa shape index (κ1) is 21.9. The van der Waals surface area contributed by atoms with Crippen molar-refractivity contribution >= 4 is 34.4 Å². The van der Waals surface area contributed by atoms with Gasteiger partial charge in [0.05, 0.1) is 11.1 Å².